The van der Waals surface area contributed by atoms with Crippen molar-refractivity contribution in [2.24, 2.45) is 5.92 Å². The average molecular weight is 361 g/mol. The van der Waals surface area contributed by atoms with Gasteiger partial charge in [-0.25, -0.2) is 0 Å². The van der Waals surface area contributed by atoms with Gasteiger partial charge in [0.25, 0.3) is 0 Å². The van der Waals surface area contributed by atoms with Gasteiger partial charge >= 0.3 is 5.97 Å². The van der Waals surface area contributed by atoms with Gasteiger partial charge in [0.05, 0.1) is 0 Å². The molecule has 2 heterocycles. The van der Waals surface area contributed by atoms with Crippen LogP contribution in [-0.4, -0.2) is 60.9 Å². The van der Waals surface area contributed by atoms with Crippen LogP contribution in [-0.2, 0) is 14.3 Å². The van der Waals surface area contributed by atoms with Crippen molar-refractivity contribution in [2.75, 3.05) is 33.0 Å². The van der Waals surface area contributed by atoms with E-state index in [1.54, 1.807) is 4.90 Å². The number of fused-ring (bicyclic) bond motifs is 1. The molecule has 0 aromatic heterocycles. The van der Waals surface area contributed by atoms with E-state index in [0.717, 1.165) is 23.5 Å². The molecule has 7 heteroatoms. The molecule has 2 aliphatic heterocycles. The Hall–Kier alpha value is -2.28. The van der Waals surface area contributed by atoms with Gasteiger partial charge in [-0.2, -0.15) is 0 Å². The van der Waals surface area contributed by atoms with Crippen LogP contribution in [0.3, 0.4) is 0 Å². The first kappa shape index (κ1) is 17.1. The van der Waals surface area contributed by atoms with E-state index in [2.05, 4.69) is 0 Å². The van der Waals surface area contributed by atoms with Crippen LogP contribution >= 0.6 is 0 Å². The zero-order chi connectivity index (χ0) is 18.1. The minimum Gasteiger partial charge on any atom is -0.486 e. The Morgan fingerprint density at radius 3 is 2.54 bits per heavy atom. The summed E-state index contributed by atoms with van der Waals surface area (Å²) in [6, 6.07) is 5.76. The van der Waals surface area contributed by atoms with Gasteiger partial charge in [0.15, 0.2) is 11.5 Å². The van der Waals surface area contributed by atoms with Crippen LogP contribution in [0.25, 0.3) is 0 Å². The summed E-state index contributed by atoms with van der Waals surface area (Å²) in [7, 11) is 0. The largest absolute Gasteiger partial charge is 0.486 e. The topological polar surface area (TPSA) is 85.3 Å². The van der Waals surface area contributed by atoms with Crippen molar-refractivity contribution in [1.29, 1.82) is 0 Å². The summed E-state index contributed by atoms with van der Waals surface area (Å²) in [4.78, 5) is 25.8. The van der Waals surface area contributed by atoms with Crippen molar-refractivity contribution in [1.82, 2.24) is 4.90 Å². The lowest BCUT2D eigenvalue weighted by Crippen LogP contribution is -2.46. The molecule has 2 fully saturated rings. The van der Waals surface area contributed by atoms with Crippen LogP contribution < -0.4 is 9.47 Å². The maximum atomic E-state index is 13.0. The summed E-state index contributed by atoms with van der Waals surface area (Å²) in [5.74, 6) is 0.395. The summed E-state index contributed by atoms with van der Waals surface area (Å²) in [6.07, 6.45) is 2.14. The smallest absolute Gasteiger partial charge is 0.323 e. The number of hydrogen-bond donors (Lipinski definition) is 1. The van der Waals surface area contributed by atoms with Crippen LogP contribution in [0.5, 0.6) is 11.5 Å². The molecule has 7 nitrogen and oxygen atoms in total. The normalized spacial score (nSPS) is 24.8. The molecule has 140 valence electrons. The number of carbonyl (C=O) groups excluding carboxylic acids is 1. The lowest BCUT2D eigenvalue weighted by Gasteiger charge is -2.33. The fourth-order valence-corrected chi connectivity index (χ4v) is 3.87. The molecule has 1 saturated carbocycles. The van der Waals surface area contributed by atoms with Crippen LogP contribution in [0.2, 0.25) is 0 Å². The Kier molecular flexibility index (Phi) is 4.72. The maximum Gasteiger partial charge on any atom is 0.323 e. The average Bonchev–Trinajstić information content (AvgIpc) is 3.46. The van der Waals surface area contributed by atoms with Gasteiger partial charge in [-0.05, 0) is 42.9 Å². The monoisotopic (exact) mass is 361 g/mol. The first-order chi connectivity index (χ1) is 12.6. The zero-order valence-electron chi connectivity index (χ0n) is 14.6. The van der Waals surface area contributed by atoms with Gasteiger partial charge in [-0.1, -0.05) is 6.07 Å². The Labute approximate surface area is 151 Å². The van der Waals surface area contributed by atoms with E-state index < -0.39 is 5.97 Å². The highest BCUT2D eigenvalue weighted by Crippen LogP contribution is 2.50. The molecule has 26 heavy (non-hydrogen) atoms. The van der Waals surface area contributed by atoms with Crippen molar-refractivity contribution in [3.05, 3.63) is 23.8 Å². The highest BCUT2D eigenvalue weighted by molar-refractivity contribution is 5.86. The summed E-state index contributed by atoms with van der Waals surface area (Å²) >= 11 is 0. The third kappa shape index (κ3) is 3.49. The van der Waals surface area contributed by atoms with Gasteiger partial charge in [-0.15, -0.1) is 0 Å². The molecule has 1 amide bonds. The molecule has 3 aliphatic rings. The Bertz CT molecular complexity index is 699. The van der Waals surface area contributed by atoms with Gasteiger partial charge < -0.3 is 24.2 Å². The second-order valence-corrected chi connectivity index (χ2v) is 7.06. The van der Waals surface area contributed by atoms with E-state index in [4.69, 9.17) is 14.2 Å². The van der Waals surface area contributed by atoms with Crippen LogP contribution in [0, 0.1) is 5.92 Å². The van der Waals surface area contributed by atoms with Gasteiger partial charge in [0, 0.05) is 25.2 Å². The lowest BCUT2D eigenvalue weighted by molar-refractivity contribution is -0.148. The predicted octanol–water partition coefficient (Wildman–Crippen LogP) is 1.65. The molecule has 1 aliphatic carbocycles. The summed E-state index contributed by atoms with van der Waals surface area (Å²) < 4.78 is 16.5. The first-order valence-corrected chi connectivity index (χ1v) is 9.13. The summed E-state index contributed by atoms with van der Waals surface area (Å²) in [5, 5.41) is 9.23. The minimum absolute atomic E-state index is 0.0473. The van der Waals surface area contributed by atoms with E-state index >= 15 is 0 Å². The molecule has 1 aromatic rings. The fraction of sp³-hybridized carbons (Fsp3) is 0.579. The number of amides is 1. The first-order valence-electron chi connectivity index (χ1n) is 9.13. The molecule has 0 bridgehead atoms. The quantitative estimate of drug-likeness (QED) is 0.858. The zero-order valence-corrected chi connectivity index (χ0v) is 14.6. The van der Waals surface area contributed by atoms with Crippen molar-refractivity contribution >= 4 is 11.9 Å². The van der Waals surface area contributed by atoms with E-state index in [1.165, 1.54) is 0 Å². The van der Waals surface area contributed by atoms with Gasteiger partial charge in [0.2, 0.25) is 5.91 Å². The third-order valence-corrected chi connectivity index (χ3v) is 5.32. The molecule has 1 aromatic carbocycles. The number of carboxylic acid groups (broad SMARTS) is 1. The van der Waals surface area contributed by atoms with Crippen LogP contribution in [0.15, 0.2) is 18.2 Å². The number of aliphatic carboxylic acids is 1. The Morgan fingerprint density at radius 2 is 1.81 bits per heavy atom. The molecule has 2 unspecified atom stereocenters. The number of rotatable bonds is 5. The second-order valence-electron chi connectivity index (χ2n) is 7.06. The molecule has 0 radical (unpaired) electrons. The van der Waals surface area contributed by atoms with E-state index in [1.807, 2.05) is 18.2 Å². The molecule has 1 N–H and O–H groups in total. The number of carboxylic acids is 1. The summed E-state index contributed by atoms with van der Waals surface area (Å²) in [5.41, 5.74) is 1.05. The fourth-order valence-electron chi connectivity index (χ4n) is 3.87. The van der Waals surface area contributed by atoms with E-state index in [-0.39, 0.29) is 30.3 Å². The molecule has 0 spiro atoms. The minimum atomic E-state index is -0.971. The number of hydrogen-bond acceptors (Lipinski definition) is 5. The van der Waals surface area contributed by atoms with Gasteiger partial charge in [0.1, 0.15) is 19.8 Å². The number of carbonyl (C=O) groups is 2. The summed E-state index contributed by atoms with van der Waals surface area (Å²) in [6.45, 7) is 1.98. The highest BCUT2D eigenvalue weighted by atomic mass is 16.6. The maximum absolute atomic E-state index is 13.0. The molecular weight excluding hydrogens is 338 g/mol. The standard InChI is InChI=1S/C19H23NO6/c21-18(22)11-20(13-3-5-24-6-4-13)19(23)15-10-14(15)12-1-2-16-17(9-12)26-8-7-25-16/h1-2,9,13-15H,3-8,10-11H2,(H,21,22). The Balaban J connectivity index is 1.46. The third-order valence-electron chi connectivity index (χ3n) is 5.32. The van der Waals surface area contributed by atoms with Crippen molar-refractivity contribution < 1.29 is 28.9 Å². The molecule has 1 saturated heterocycles. The van der Waals surface area contributed by atoms with Gasteiger partial charge in [-0.3, -0.25) is 9.59 Å². The van der Waals surface area contributed by atoms with E-state index in [9.17, 15) is 14.7 Å². The number of benzene rings is 1. The van der Waals surface area contributed by atoms with Crippen molar-refractivity contribution in [3.8, 4) is 11.5 Å². The molecule has 4 rings (SSSR count). The van der Waals surface area contributed by atoms with E-state index in [0.29, 0.717) is 39.3 Å². The second kappa shape index (κ2) is 7.15. The Morgan fingerprint density at radius 1 is 1.08 bits per heavy atom. The number of nitrogens with zero attached hydrogens (tertiary/aromatic N) is 1. The SMILES string of the molecule is O=C(O)CN(C(=O)C1CC1c1ccc2c(c1)OCCO2)C1CCOCC1. The lowest BCUT2D eigenvalue weighted by atomic mass is 10.0. The van der Waals surface area contributed by atoms with Crippen molar-refractivity contribution in [3.63, 3.8) is 0 Å². The number of ether oxygens (including phenoxy) is 3. The highest BCUT2D eigenvalue weighted by Gasteiger charge is 2.47. The molecule has 2 atom stereocenters. The van der Waals surface area contributed by atoms with Crippen molar-refractivity contribution in [2.45, 2.75) is 31.2 Å². The van der Waals surface area contributed by atoms with Crippen LogP contribution in [0.4, 0.5) is 0 Å². The van der Waals surface area contributed by atoms with Crippen LogP contribution in [0.1, 0.15) is 30.7 Å². The predicted molar refractivity (Wildman–Crippen MR) is 91.5 cm³/mol. The molecular formula is C19H23NO6.